The number of hydrogen-bond acceptors (Lipinski definition) is 3. The number of nitriles is 1. The Labute approximate surface area is 96.7 Å². The summed E-state index contributed by atoms with van der Waals surface area (Å²) in [6.45, 7) is 3.09. The van der Waals surface area contributed by atoms with Crippen LogP contribution in [0, 0.1) is 11.3 Å². The Morgan fingerprint density at radius 1 is 1.50 bits per heavy atom. The Balaban J connectivity index is 2.02. The molecule has 1 atom stereocenters. The standard InChI is InChI=1S/C13H17N3/c1-15-13-6-7-16(10-13)9-12-5-3-2-4-11(12)8-14/h2-5,13,15H,6-7,9-10H2,1H3. The Morgan fingerprint density at radius 2 is 2.31 bits per heavy atom. The molecule has 0 aromatic heterocycles. The number of hydrogen-bond donors (Lipinski definition) is 1. The zero-order valence-electron chi connectivity index (χ0n) is 9.61. The van der Waals surface area contributed by atoms with Gasteiger partial charge in [-0.25, -0.2) is 0 Å². The summed E-state index contributed by atoms with van der Waals surface area (Å²) >= 11 is 0. The molecule has 0 aliphatic carbocycles. The van der Waals surface area contributed by atoms with Crippen LogP contribution in [0.1, 0.15) is 17.5 Å². The minimum atomic E-state index is 0.606. The fraction of sp³-hybridized carbons (Fsp3) is 0.462. The molecule has 1 saturated heterocycles. The summed E-state index contributed by atoms with van der Waals surface area (Å²) in [4.78, 5) is 2.40. The molecule has 16 heavy (non-hydrogen) atoms. The molecule has 1 aliphatic heterocycles. The van der Waals surface area contributed by atoms with E-state index in [2.05, 4.69) is 16.3 Å². The van der Waals surface area contributed by atoms with E-state index in [0.29, 0.717) is 6.04 Å². The van der Waals surface area contributed by atoms with E-state index in [9.17, 15) is 0 Å². The van der Waals surface area contributed by atoms with E-state index < -0.39 is 0 Å². The quantitative estimate of drug-likeness (QED) is 0.827. The predicted octanol–water partition coefficient (Wildman–Crippen LogP) is 1.35. The van der Waals surface area contributed by atoms with Gasteiger partial charge in [0.15, 0.2) is 0 Å². The number of likely N-dealkylation sites (N-methyl/N-ethyl adjacent to an activating group) is 1. The van der Waals surface area contributed by atoms with Crippen molar-refractivity contribution in [3.8, 4) is 6.07 Å². The summed E-state index contributed by atoms with van der Waals surface area (Å²) in [6, 6.07) is 10.7. The van der Waals surface area contributed by atoms with Crippen molar-refractivity contribution in [2.45, 2.75) is 19.0 Å². The first-order valence-corrected chi connectivity index (χ1v) is 5.71. The van der Waals surface area contributed by atoms with Gasteiger partial charge in [-0.15, -0.1) is 0 Å². The molecule has 0 amide bonds. The lowest BCUT2D eigenvalue weighted by molar-refractivity contribution is 0.322. The van der Waals surface area contributed by atoms with Gasteiger partial charge in [0.05, 0.1) is 11.6 Å². The van der Waals surface area contributed by atoms with E-state index in [0.717, 1.165) is 30.8 Å². The lowest BCUT2D eigenvalue weighted by atomic mass is 10.1. The highest BCUT2D eigenvalue weighted by Crippen LogP contribution is 2.15. The second-order valence-corrected chi connectivity index (χ2v) is 4.28. The fourth-order valence-electron chi connectivity index (χ4n) is 2.22. The Hall–Kier alpha value is -1.37. The van der Waals surface area contributed by atoms with Crippen molar-refractivity contribution in [1.29, 1.82) is 5.26 Å². The molecule has 1 N–H and O–H groups in total. The lowest BCUT2D eigenvalue weighted by Crippen LogP contribution is -2.29. The molecule has 1 aromatic carbocycles. The third-order valence-electron chi connectivity index (χ3n) is 3.21. The molecular weight excluding hydrogens is 198 g/mol. The Bertz CT molecular complexity index is 394. The smallest absolute Gasteiger partial charge is 0.0995 e. The van der Waals surface area contributed by atoms with Crippen molar-refractivity contribution in [2.24, 2.45) is 0 Å². The van der Waals surface area contributed by atoms with Gasteiger partial charge in [-0.2, -0.15) is 5.26 Å². The van der Waals surface area contributed by atoms with Gasteiger partial charge in [-0.05, 0) is 25.1 Å². The van der Waals surface area contributed by atoms with Crippen molar-refractivity contribution >= 4 is 0 Å². The fourth-order valence-corrected chi connectivity index (χ4v) is 2.22. The van der Waals surface area contributed by atoms with Gasteiger partial charge < -0.3 is 5.32 Å². The molecule has 2 rings (SSSR count). The molecule has 1 aromatic rings. The summed E-state index contributed by atoms with van der Waals surface area (Å²) in [5.74, 6) is 0. The molecule has 1 heterocycles. The van der Waals surface area contributed by atoms with E-state index in [1.165, 1.54) is 6.42 Å². The summed E-state index contributed by atoms with van der Waals surface area (Å²) in [6.07, 6.45) is 1.20. The third-order valence-corrected chi connectivity index (χ3v) is 3.21. The number of nitrogens with zero attached hydrogens (tertiary/aromatic N) is 2. The normalized spacial score (nSPS) is 20.9. The van der Waals surface area contributed by atoms with Crippen molar-refractivity contribution in [1.82, 2.24) is 10.2 Å². The molecule has 0 spiro atoms. The summed E-state index contributed by atoms with van der Waals surface area (Å²) < 4.78 is 0. The van der Waals surface area contributed by atoms with Crippen LogP contribution >= 0.6 is 0 Å². The first-order chi connectivity index (χ1) is 7.83. The maximum Gasteiger partial charge on any atom is 0.0995 e. The van der Waals surface area contributed by atoms with E-state index in [-0.39, 0.29) is 0 Å². The second kappa shape index (κ2) is 5.11. The average molecular weight is 215 g/mol. The number of rotatable bonds is 3. The molecule has 1 aliphatic rings. The van der Waals surface area contributed by atoms with Gasteiger partial charge in [0.2, 0.25) is 0 Å². The van der Waals surface area contributed by atoms with E-state index in [1.54, 1.807) is 0 Å². The maximum absolute atomic E-state index is 9.01. The average Bonchev–Trinajstić information content (AvgIpc) is 2.77. The monoisotopic (exact) mass is 215 g/mol. The van der Waals surface area contributed by atoms with Crippen LogP contribution in [-0.4, -0.2) is 31.1 Å². The molecule has 0 saturated carbocycles. The number of benzene rings is 1. The molecule has 3 nitrogen and oxygen atoms in total. The SMILES string of the molecule is CNC1CCN(Cc2ccccc2C#N)C1. The summed E-state index contributed by atoms with van der Waals surface area (Å²) in [5, 5.41) is 12.3. The molecule has 1 unspecified atom stereocenters. The van der Waals surface area contributed by atoms with Gasteiger partial charge in [0.1, 0.15) is 0 Å². The van der Waals surface area contributed by atoms with Gasteiger partial charge in [-0.3, -0.25) is 4.90 Å². The lowest BCUT2D eigenvalue weighted by Gasteiger charge is -2.16. The Morgan fingerprint density at radius 3 is 3.00 bits per heavy atom. The van der Waals surface area contributed by atoms with Crippen LogP contribution in [0.3, 0.4) is 0 Å². The van der Waals surface area contributed by atoms with E-state index in [4.69, 9.17) is 5.26 Å². The topological polar surface area (TPSA) is 39.1 Å². The van der Waals surface area contributed by atoms with Crippen LogP contribution in [-0.2, 0) is 6.54 Å². The summed E-state index contributed by atoms with van der Waals surface area (Å²) in [5.41, 5.74) is 1.94. The zero-order valence-corrected chi connectivity index (χ0v) is 9.61. The second-order valence-electron chi connectivity index (χ2n) is 4.28. The van der Waals surface area contributed by atoms with Crippen molar-refractivity contribution in [3.63, 3.8) is 0 Å². The molecule has 84 valence electrons. The van der Waals surface area contributed by atoms with Gasteiger partial charge in [-0.1, -0.05) is 18.2 Å². The van der Waals surface area contributed by atoms with Gasteiger partial charge in [0, 0.05) is 25.7 Å². The maximum atomic E-state index is 9.01. The predicted molar refractivity (Wildman–Crippen MR) is 63.9 cm³/mol. The van der Waals surface area contributed by atoms with Crippen LogP contribution in [0.15, 0.2) is 24.3 Å². The summed E-state index contributed by atoms with van der Waals surface area (Å²) in [7, 11) is 2.01. The Kier molecular flexibility index (Phi) is 3.55. The minimum Gasteiger partial charge on any atom is -0.316 e. The van der Waals surface area contributed by atoms with Crippen molar-refractivity contribution in [3.05, 3.63) is 35.4 Å². The van der Waals surface area contributed by atoms with Gasteiger partial charge >= 0.3 is 0 Å². The van der Waals surface area contributed by atoms with Crippen LogP contribution in [0.25, 0.3) is 0 Å². The highest BCUT2D eigenvalue weighted by Gasteiger charge is 2.21. The molecule has 0 bridgehead atoms. The van der Waals surface area contributed by atoms with Crippen LogP contribution < -0.4 is 5.32 Å². The van der Waals surface area contributed by atoms with Crippen LogP contribution in [0.2, 0.25) is 0 Å². The van der Waals surface area contributed by atoms with Crippen LogP contribution in [0.4, 0.5) is 0 Å². The van der Waals surface area contributed by atoms with Crippen LogP contribution in [0.5, 0.6) is 0 Å². The number of nitrogens with one attached hydrogen (secondary N) is 1. The minimum absolute atomic E-state index is 0.606. The highest BCUT2D eigenvalue weighted by atomic mass is 15.2. The first-order valence-electron chi connectivity index (χ1n) is 5.71. The van der Waals surface area contributed by atoms with Gasteiger partial charge in [0.25, 0.3) is 0 Å². The first kappa shape index (κ1) is 11.1. The number of likely N-dealkylation sites (tertiary alicyclic amines) is 1. The zero-order chi connectivity index (χ0) is 11.4. The molecule has 0 radical (unpaired) electrons. The van der Waals surface area contributed by atoms with E-state index >= 15 is 0 Å². The molecule has 3 heteroatoms. The molecular formula is C13H17N3. The highest BCUT2D eigenvalue weighted by molar-refractivity contribution is 5.37. The third kappa shape index (κ3) is 2.41. The largest absolute Gasteiger partial charge is 0.316 e. The van der Waals surface area contributed by atoms with Crippen molar-refractivity contribution < 1.29 is 0 Å². The van der Waals surface area contributed by atoms with Crippen molar-refractivity contribution in [2.75, 3.05) is 20.1 Å². The molecule has 1 fully saturated rings. The van der Waals surface area contributed by atoms with E-state index in [1.807, 2.05) is 31.3 Å².